The monoisotopic (exact) mass is 263 g/mol. The Morgan fingerprint density at radius 1 is 1.63 bits per heavy atom. The number of hydrogen-bond acceptors (Lipinski definition) is 4. The third-order valence-corrected chi connectivity index (χ3v) is 3.41. The van der Waals surface area contributed by atoms with Crippen LogP contribution in [-0.4, -0.2) is 46.6 Å². The Morgan fingerprint density at radius 3 is 3.21 bits per heavy atom. The molecule has 0 aliphatic carbocycles. The van der Waals surface area contributed by atoms with Crippen molar-refractivity contribution < 1.29 is 9.90 Å². The summed E-state index contributed by atoms with van der Waals surface area (Å²) in [6, 6.07) is 3.59. The van der Waals surface area contributed by atoms with Crippen molar-refractivity contribution >= 4 is 11.6 Å². The minimum absolute atomic E-state index is 0.0273. The molecule has 104 valence electrons. The number of nitrogens with one attached hydrogen (secondary N) is 1. The lowest BCUT2D eigenvalue weighted by Gasteiger charge is -2.22. The van der Waals surface area contributed by atoms with Crippen molar-refractivity contribution in [1.29, 1.82) is 0 Å². The van der Waals surface area contributed by atoms with Crippen LogP contribution in [0.15, 0.2) is 18.3 Å². The van der Waals surface area contributed by atoms with E-state index in [0.717, 1.165) is 31.5 Å². The lowest BCUT2D eigenvalue weighted by atomic mass is 10.2. The number of carbonyl (C=O) groups is 1. The van der Waals surface area contributed by atoms with E-state index >= 15 is 0 Å². The minimum Gasteiger partial charge on any atom is -0.394 e. The topological polar surface area (TPSA) is 65.5 Å². The molecule has 1 unspecified atom stereocenters. The van der Waals surface area contributed by atoms with Gasteiger partial charge in [0.1, 0.15) is 5.69 Å². The Balaban J connectivity index is 2.10. The Labute approximate surface area is 113 Å². The number of nitrogens with zero attached hydrogens (tertiary/aromatic N) is 2. The summed E-state index contributed by atoms with van der Waals surface area (Å²) in [4.78, 5) is 18.2. The van der Waals surface area contributed by atoms with Crippen LogP contribution in [0.25, 0.3) is 0 Å². The van der Waals surface area contributed by atoms with Crippen molar-refractivity contribution in [3.05, 3.63) is 24.0 Å². The Bertz CT molecular complexity index is 436. The maximum atomic E-state index is 12.4. The summed E-state index contributed by atoms with van der Waals surface area (Å²) in [7, 11) is 0. The fourth-order valence-corrected chi connectivity index (χ4v) is 2.37. The fraction of sp³-hybridized carbons (Fsp3) is 0.571. The average molecular weight is 263 g/mol. The second-order valence-electron chi connectivity index (χ2n) is 4.83. The van der Waals surface area contributed by atoms with Crippen LogP contribution >= 0.6 is 0 Å². The maximum absolute atomic E-state index is 12.4. The SMILES string of the molecule is CCCNc1ccnc(C(=O)N2CCCC2CO)c1. The number of amides is 1. The molecule has 1 atom stereocenters. The molecule has 1 aromatic heterocycles. The minimum atomic E-state index is -0.0864. The third-order valence-electron chi connectivity index (χ3n) is 3.41. The van der Waals surface area contributed by atoms with Gasteiger partial charge in [-0.3, -0.25) is 9.78 Å². The molecule has 0 bridgehead atoms. The predicted molar refractivity (Wildman–Crippen MR) is 74.2 cm³/mol. The van der Waals surface area contributed by atoms with Crippen LogP contribution in [0.4, 0.5) is 5.69 Å². The summed E-state index contributed by atoms with van der Waals surface area (Å²) in [5.41, 5.74) is 1.36. The van der Waals surface area contributed by atoms with Crippen molar-refractivity contribution in [2.24, 2.45) is 0 Å². The molecule has 5 nitrogen and oxygen atoms in total. The summed E-state index contributed by atoms with van der Waals surface area (Å²) >= 11 is 0. The molecule has 1 aliphatic rings. The first-order valence-electron chi connectivity index (χ1n) is 6.88. The summed E-state index contributed by atoms with van der Waals surface area (Å²) in [5, 5.41) is 12.5. The standard InChI is InChI=1S/C14H21N3O2/c1-2-6-15-11-5-7-16-13(9-11)14(19)17-8-3-4-12(17)10-18/h5,7,9,12,18H,2-4,6,8,10H2,1H3,(H,15,16). The van der Waals surface area contributed by atoms with Crippen LogP contribution < -0.4 is 5.32 Å². The highest BCUT2D eigenvalue weighted by molar-refractivity contribution is 5.93. The Kier molecular flexibility index (Phi) is 4.74. The van der Waals surface area contributed by atoms with Crippen LogP contribution in [-0.2, 0) is 0 Å². The van der Waals surface area contributed by atoms with Gasteiger partial charge in [0.15, 0.2) is 0 Å². The number of aliphatic hydroxyl groups excluding tert-OH is 1. The number of carbonyl (C=O) groups excluding carboxylic acids is 1. The molecular weight excluding hydrogens is 242 g/mol. The van der Waals surface area contributed by atoms with Gasteiger partial charge in [-0.15, -0.1) is 0 Å². The van der Waals surface area contributed by atoms with Crippen LogP contribution in [0.1, 0.15) is 36.7 Å². The second-order valence-corrected chi connectivity index (χ2v) is 4.83. The van der Waals surface area contributed by atoms with Gasteiger partial charge in [0.25, 0.3) is 5.91 Å². The molecule has 0 spiro atoms. The van der Waals surface area contributed by atoms with Gasteiger partial charge < -0.3 is 15.3 Å². The molecule has 2 N–H and O–H groups in total. The number of aliphatic hydroxyl groups is 1. The molecule has 0 saturated carbocycles. The van der Waals surface area contributed by atoms with Gasteiger partial charge in [0.2, 0.25) is 0 Å². The van der Waals surface area contributed by atoms with Crippen molar-refractivity contribution in [1.82, 2.24) is 9.88 Å². The molecule has 0 radical (unpaired) electrons. The number of anilines is 1. The van der Waals surface area contributed by atoms with Gasteiger partial charge >= 0.3 is 0 Å². The first-order valence-corrected chi connectivity index (χ1v) is 6.88. The van der Waals surface area contributed by atoms with E-state index in [1.807, 2.05) is 6.07 Å². The van der Waals surface area contributed by atoms with Crippen LogP contribution in [0.2, 0.25) is 0 Å². The van der Waals surface area contributed by atoms with Crippen LogP contribution in [0.5, 0.6) is 0 Å². The van der Waals surface area contributed by atoms with Crippen LogP contribution in [0.3, 0.4) is 0 Å². The predicted octanol–water partition coefficient (Wildman–Crippen LogP) is 1.50. The highest BCUT2D eigenvalue weighted by atomic mass is 16.3. The lowest BCUT2D eigenvalue weighted by molar-refractivity contribution is 0.0672. The zero-order chi connectivity index (χ0) is 13.7. The smallest absolute Gasteiger partial charge is 0.272 e. The van der Waals surface area contributed by atoms with Crippen molar-refractivity contribution in [2.45, 2.75) is 32.2 Å². The molecule has 2 rings (SSSR count). The lowest BCUT2D eigenvalue weighted by Crippen LogP contribution is -2.38. The zero-order valence-corrected chi connectivity index (χ0v) is 11.3. The van der Waals surface area contributed by atoms with E-state index in [-0.39, 0.29) is 18.6 Å². The second kappa shape index (κ2) is 6.52. The van der Waals surface area contributed by atoms with Gasteiger partial charge in [-0.25, -0.2) is 0 Å². The van der Waals surface area contributed by atoms with Gasteiger partial charge in [-0.1, -0.05) is 6.92 Å². The summed E-state index contributed by atoms with van der Waals surface area (Å²) < 4.78 is 0. The van der Waals surface area contributed by atoms with E-state index in [4.69, 9.17) is 0 Å². The average Bonchev–Trinajstić information content (AvgIpc) is 2.93. The molecule has 5 heteroatoms. The number of aromatic nitrogens is 1. The van der Waals surface area contributed by atoms with Crippen molar-refractivity contribution in [3.8, 4) is 0 Å². The molecular formula is C14H21N3O2. The van der Waals surface area contributed by atoms with Crippen LogP contribution in [0, 0.1) is 0 Å². The van der Waals surface area contributed by atoms with E-state index in [1.54, 1.807) is 17.2 Å². The van der Waals surface area contributed by atoms with E-state index in [0.29, 0.717) is 12.2 Å². The molecule has 19 heavy (non-hydrogen) atoms. The fourth-order valence-electron chi connectivity index (χ4n) is 2.37. The van der Waals surface area contributed by atoms with Gasteiger partial charge in [-0.05, 0) is 31.4 Å². The molecule has 2 heterocycles. The first-order chi connectivity index (χ1) is 9.26. The van der Waals surface area contributed by atoms with Crippen molar-refractivity contribution in [2.75, 3.05) is 25.0 Å². The Morgan fingerprint density at radius 2 is 2.47 bits per heavy atom. The normalized spacial score (nSPS) is 18.6. The van der Waals surface area contributed by atoms with Crippen molar-refractivity contribution in [3.63, 3.8) is 0 Å². The summed E-state index contributed by atoms with van der Waals surface area (Å²) in [6.45, 7) is 3.70. The largest absolute Gasteiger partial charge is 0.394 e. The Hall–Kier alpha value is -1.62. The van der Waals surface area contributed by atoms with Gasteiger partial charge in [0.05, 0.1) is 12.6 Å². The highest BCUT2D eigenvalue weighted by Crippen LogP contribution is 2.20. The number of hydrogen-bond donors (Lipinski definition) is 2. The summed E-state index contributed by atoms with van der Waals surface area (Å²) in [5.74, 6) is -0.0864. The zero-order valence-electron chi connectivity index (χ0n) is 11.3. The molecule has 1 aliphatic heterocycles. The molecule has 0 aromatic carbocycles. The molecule has 1 amide bonds. The first kappa shape index (κ1) is 13.8. The molecule has 1 fully saturated rings. The molecule has 1 saturated heterocycles. The number of pyridine rings is 1. The van der Waals surface area contributed by atoms with Gasteiger partial charge in [0, 0.05) is 25.0 Å². The third kappa shape index (κ3) is 3.23. The van der Waals surface area contributed by atoms with E-state index in [9.17, 15) is 9.90 Å². The molecule has 1 aromatic rings. The quantitative estimate of drug-likeness (QED) is 0.845. The van der Waals surface area contributed by atoms with E-state index in [2.05, 4.69) is 17.2 Å². The van der Waals surface area contributed by atoms with E-state index < -0.39 is 0 Å². The maximum Gasteiger partial charge on any atom is 0.272 e. The number of rotatable bonds is 5. The van der Waals surface area contributed by atoms with Gasteiger partial charge in [-0.2, -0.15) is 0 Å². The van der Waals surface area contributed by atoms with E-state index in [1.165, 1.54) is 0 Å². The number of likely N-dealkylation sites (tertiary alicyclic amines) is 1. The highest BCUT2D eigenvalue weighted by Gasteiger charge is 2.29. The summed E-state index contributed by atoms with van der Waals surface area (Å²) in [6.07, 6.45) is 4.50.